The molecule has 2 aliphatic heterocycles. The van der Waals surface area contributed by atoms with E-state index in [0.717, 1.165) is 45.4 Å². The molecule has 1 aliphatic carbocycles. The van der Waals surface area contributed by atoms with Gasteiger partial charge in [-0.05, 0) is 51.9 Å². The Labute approximate surface area is 139 Å². The Morgan fingerprint density at radius 2 is 2.00 bits per heavy atom. The zero-order chi connectivity index (χ0) is 16.4. The molecule has 23 heavy (non-hydrogen) atoms. The minimum absolute atomic E-state index is 0.189. The summed E-state index contributed by atoms with van der Waals surface area (Å²) in [5.74, 6) is 0.705. The van der Waals surface area contributed by atoms with E-state index >= 15 is 0 Å². The Kier molecular flexibility index (Phi) is 4.92. The number of hydrogen-bond donors (Lipinski definition) is 1. The van der Waals surface area contributed by atoms with Gasteiger partial charge in [-0.1, -0.05) is 0 Å². The SMILES string of the molecule is CN(C)CCN1CCN(C(=O)C2CC23CCNCC3)CCC1=O. The molecule has 3 fully saturated rings. The van der Waals surface area contributed by atoms with Gasteiger partial charge in [0.2, 0.25) is 11.8 Å². The van der Waals surface area contributed by atoms with Crippen molar-refractivity contribution in [2.24, 2.45) is 11.3 Å². The molecule has 3 rings (SSSR count). The first kappa shape index (κ1) is 16.7. The van der Waals surface area contributed by atoms with Crippen molar-refractivity contribution in [3.63, 3.8) is 0 Å². The van der Waals surface area contributed by atoms with Crippen LogP contribution in [0.3, 0.4) is 0 Å². The molecule has 6 nitrogen and oxygen atoms in total. The predicted molar refractivity (Wildman–Crippen MR) is 89.0 cm³/mol. The van der Waals surface area contributed by atoms with Gasteiger partial charge in [-0.25, -0.2) is 0 Å². The highest BCUT2D eigenvalue weighted by Crippen LogP contribution is 2.59. The first-order valence-electron chi connectivity index (χ1n) is 8.94. The summed E-state index contributed by atoms with van der Waals surface area (Å²) in [6.07, 6.45) is 3.79. The van der Waals surface area contributed by atoms with E-state index in [9.17, 15) is 9.59 Å². The molecule has 0 radical (unpaired) electrons. The third kappa shape index (κ3) is 3.69. The zero-order valence-corrected chi connectivity index (χ0v) is 14.5. The van der Waals surface area contributed by atoms with Gasteiger partial charge in [0, 0.05) is 45.1 Å². The molecular formula is C17H30N4O2. The Morgan fingerprint density at radius 1 is 1.26 bits per heavy atom. The van der Waals surface area contributed by atoms with E-state index in [1.807, 2.05) is 23.9 Å². The van der Waals surface area contributed by atoms with Crippen molar-refractivity contribution in [2.75, 3.05) is 59.9 Å². The van der Waals surface area contributed by atoms with Crippen LogP contribution in [0.15, 0.2) is 0 Å². The molecule has 0 aromatic heterocycles. The molecule has 0 aromatic carbocycles. The second-order valence-corrected chi connectivity index (χ2v) is 7.63. The Hall–Kier alpha value is -1.14. The Morgan fingerprint density at radius 3 is 2.70 bits per heavy atom. The van der Waals surface area contributed by atoms with Gasteiger partial charge in [-0.15, -0.1) is 0 Å². The number of carbonyl (C=O) groups is 2. The predicted octanol–water partition coefficient (Wildman–Crippen LogP) is -0.00140. The lowest BCUT2D eigenvalue weighted by Gasteiger charge is -2.26. The molecule has 0 aromatic rings. The van der Waals surface area contributed by atoms with Crippen LogP contribution in [0, 0.1) is 11.3 Å². The van der Waals surface area contributed by atoms with Crippen molar-refractivity contribution in [3.8, 4) is 0 Å². The summed E-state index contributed by atoms with van der Waals surface area (Å²) in [7, 11) is 4.04. The normalized spacial score (nSPS) is 27.4. The monoisotopic (exact) mass is 322 g/mol. The van der Waals surface area contributed by atoms with E-state index in [1.165, 1.54) is 0 Å². The van der Waals surface area contributed by atoms with E-state index in [-0.39, 0.29) is 17.2 Å². The van der Waals surface area contributed by atoms with Crippen molar-refractivity contribution >= 4 is 11.8 Å². The van der Waals surface area contributed by atoms with Crippen LogP contribution in [0.2, 0.25) is 0 Å². The summed E-state index contributed by atoms with van der Waals surface area (Å²) in [5.41, 5.74) is 0.281. The number of likely N-dealkylation sites (N-methyl/N-ethyl adjacent to an activating group) is 1. The first-order valence-corrected chi connectivity index (χ1v) is 8.94. The molecule has 6 heteroatoms. The van der Waals surface area contributed by atoms with Crippen molar-refractivity contribution in [1.29, 1.82) is 0 Å². The number of carbonyl (C=O) groups excluding carboxylic acids is 2. The molecule has 2 saturated heterocycles. The lowest BCUT2D eigenvalue weighted by atomic mass is 9.91. The number of nitrogens with one attached hydrogen (secondary N) is 1. The first-order chi connectivity index (χ1) is 11.0. The van der Waals surface area contributed by atoms with Gasteiger partial charge < -0.3 is 20.0 Å². The quantitative estimate of drug-likeness (QED) is 0.791. The largest absolute Gasteiger partial charge is 0.340 e. The fourth-order valence-corrected chi connectivity index (χ4v) is 4.04. The minimum atomic E-state index is 0.189. The number of amides is 2. The Balaban J connectivity index is 1.53. The average molecular weight is 322 g/mol. The third-order valence-electron chi connectivity index (χ3n) is 5.80. The summed E-state index contributed by atoms with van der Waals surface area (Å²) in [5, 5.41) is 3.38. The Bertz CT molecular complexity index is 460. The summed E-state index contributed by atoms with van der Waals surface area (Å²) < 4.78 is 0. The highest BCUT2D eigenvalue weighted by atomic mass is 16.2. The zero-order valence-electron chi connectivity index (χ0n) is 14.5. The molecule has 1 unspecified atom stereocenters. The smallest absolute Gasteiger partial charge is 0.226 e. The summed E-state index contributed by atoms with van der Waals surface area (Å²) in [6, 6.07) is 0. The van der Waals surface area contributed by atoms with Crippen LogP contribution < -0.4 is 5.32 Å². The lowest BCUT2D eigenvalue weighted by Crippen LogP contribution is -2.40. The van der Waals surface area contributed by atoms with Crippen molar-refractivity contribution in [1.82, 2.24) is 20.0 Å². The van der Waals surface area contributed by atoms with Gasteiger partial charge in [0.05, 0.1) is 0 Å². The standard InChI is InChI=1S/C17H30N4O2/c1-19(2)9-10-20-11-12-21(8-3-15(20)22)16(23)14-13-17(14)4-6-18-7-5-17/h14,18H,3-13H2,1-2H3. The topological polar surface area (TPSA) is 55.9 Å². The van der Waals surface area contributed by atoms with Gasteiger partial charge in [0.15, 0.2) is 0 Å². The molecule has 130 valence electrons. The highest BCUT2D eigenvalue weighted by Gasteiger charge is 2.58. The minimum Gasteiger partial charge on any atom is -0.340 e. The van der Waals surface area contributed by atoms with E-state index in [2.05, 4.69) is 10.2 Å². The molecule has 1 atom stereocenters. The second kappa shape index (κ2) is 6.77. The van der Waals surface area contributed by atoms with Crippen LogP contribution >= 0.6 is 0 Å². The van der Waals surface area contributed by atoms with Gasteiger partial charge in [0.1, 0.15) is 0 Å². The molecule has 0 bridgehead atoms. The lowest BCUT2D eigenvalue weighted by molar-refractivity contribution is -0.133. The molecule has 3 aliphatic rings. The molecule has 1 saturated carbocycles. The average Bonchev–Trinajstić information content (AvgIpc) is 3.25. The maximum absolute atomic E-state index is 12.8. The van der Waals surface area contributed by atoms with Gasteiger partial charge in [-0.2, -0.15) is 0 Å². The fraction of sp³-hybridized carbons (Fsp3) is 0.882. The van der Waals surface area contributed by atoms with Gasteiger partial charge in [-0.3, -0.25) is 9.59 Å². The van der Waals surface area contributed by atoms with Gasteiger partial charge >= 0.3 is 0 Å². The van der Waals surface area contributed by atoms with Crippen molar-refractivity contribution < 1.29 is 9.59 Å². The van der Waals surface area contributed by atoms with E-state index < -0.39 is 0 Å². The summed E-state index contributed by atoms with van der Waals surface area (Å²) >= 11 is 0. The molecular weight excluding hydrogens is 292 g/mol. The van der Waals surface area contributed by atoms with Gasteiger partial charge in [0.25, 0.3) is 0 Å². The van der Waals surface area contributed by atoms with Crippen LogP contribution in [0.5, 0.6) is 0 Å². The maximum Gasteiger partial charge on any atom is 0.226 e. The summed E-state index contributed by atoms with van der Waals surface area (Å²) in [6.45, 7) is 5.69. The molecule has 2 amide bonds. The fourth-order valence-electron chi connectivity index (χ4n) is 4.04. The number of nitrogens with zero attached hydrogens (tertiary/aromatic N) is 3. The number of rotatable bonds is 4. The number of hydrogen-bond acceptors (Lipinski definition) is 4. The van der Waals surface area contributed by atoms with Crippen LogP contribution in [0.1, 0.15) is 25.7 Å². The number of piperidine rings is 1. The van der Waals surface area contributed by atoms with Crippen molar-refractivity contribution in [2.45, 2.75) is 25.7 Å². The van der Waals surface area contributed by atoms with E-state index in [4.69, 9.17) is 0 Å². The van der Waals surface area contributed by atoms with Crippen LogP contribution in [0.4, 0.5) is 0 Å². The third-order valence-corrected chi connectivity index (χ3v) is 5.80. The van der Waals surface area contributed by atoms with Crippen molar-refractivity contribution in [3.05, 3.63) is 0 Å². The maximum atomic E-state index is 12.8. The molecule has 1 N–H and O–H groups in total. The second-order valence-electron chi connectivity index (χ2n) is 7.63. The highest BCUT2D eigenvalue weighted by molar-refractivity contribution is 5.84. The molecule has 1 spiro atoms. The molecule has 2 heterocycles. The van der Waals surface area contributed by atoms with E-state index in [0.29, 0.717) is 32.0 Å². The van der Waals surface area contributed by atoms with Crippen LogP contribution in [-0.4, -0.2) is 86.4 Å². The summed E-state index contributed by atoms with van der Waals surface area (Å²) in [4.78, 5) is 31.0. The van der Waals surface area contributed by atoms with Crippen LogP contribution in [0.25, 0.3) is 0 Å². The van der Waals surface area contributed by atoms with E-state index in [1.54, 1.807) is 0 Å². The van der Waals surface area contributed by atoms with Crippen LogP contribution in [-0.2, 0) is 9.59 Å².